The quantitative estimate of drug-likeness (QED) is 0.367. The molecule has 41 heavy (non-hydrogen) atoms. The van der Waals surface area contributed by atoms with E-state index in [1.807, 2.05) is 12.1 Å². The van der Waals surface area contributed by atoms with Crippen LogP contribution in [-0.4, -0.2) is 45.0 Å². The van der Waals surface area contributed by atoms with Crippen LogP contribution in [0.15, 0.2) is 76.4 Å². The van der Waals surface area contributed by atoms with Gasteiger partial charge in [0, 0.05) is 18.2 Å². The van der Waals surface area contributed by atoms with E-state index in [2.05, 4.69) is 108 Å². The van der Waals surface area contributed by atoms with Gasteiger partial charge in [0.1, 0.15) is 12.3 Å². The Morgan fingerprint density at radius 2 is 1.44 bits per heavy atom. The Labute approximate surface area is 246 Å². The van der Waals surface area contributed by atoms with Crippen LogP contribution >= 0.6 is 0 Å². The van der Waals surface area contributed by atoms with Crippen LogP contribution in [0.1, 0.15) is 59.8 Å². The Hall–Kier alpha value is -2.57. The molecule has 0 aliphatic carbocycles. The third-order valence-corrected chi connectivity index (χ3v) is 18.4. The Morgan fingerprint density at radius 1 is 0.902 bits per heavy atom. The normalized spacial score (nSPS) is 20.4. The lowest BCUT2D eigenvalue weighted by Crippen LogP contribution is -2.68. The van der Waals surface area contributed by atoms with Gasteiger partial charge in [-0.25, -0.2) is 4.79 Å². The first kappa shape index (κ1) is 31.4. The van der Waals surface area contributed by atoms with Crippen molar-refractivity contribution in [3.63, 3.8) is 0 Å². The minimum Gasteiger partial charge on any atom is -0.414 e. The molecule has 0 radical (unpaired) electrons. The van der Waals surface area contributed by atoms with Crippen molar-refractivity contribution >= 4 is 27.0 Å². The van der Waals surface area contributed by atoms with Crippen molar-refractivity contribution in [3.05, 3.63) is 93.3 Å². The first-order valence-electron chi connectivity index (χ1n) is 14.5. The number of aromatic amines is 1. The number of rotatable bonds is 8. The molecule has 0 spiro atoms. The molecular weight excluding hydrogens is 549 g/mol. The van der Waals surface area contributed by atoms with E-state index in [1.54, 1.807) is 13.1 Å². The molecule has 2 heterocycles. The largest absolute Gasteiger partial charge is 0.414 e. The fourth-order valence-electron chi connectivity index (χ4n) is 5.37. The van der Waals surface area contributed by atoms with Gasteiger partial charge in [-0.2, -0.15) is 0 Å². The number of aryl methyl sites for hydroxylation is 1. The molecule has 2 aromatic carbocycles. The predicted octanol–water partition coefficient (Wildman–Crippen LogP) is 5.10. The SMILES string of the molecule is Cc1cn([C@H]2C[C@H](O[Si](c3ccccc3)(c3ccccc3)C(C)(C)C)[C@@H](CO[Si](C)(C)C(C)(C)C)O2)c(=O)[nH]c1=O. The maximum absolute atomic E-state index is 12.9. The van der Waals surface area contributed by atoms with Crippen molar-refractivity contribution in [2.24, 2.45) is 0 Å². The summed E-state index contributed by atoms with van der Waals surface area (Å²) in [6, 6.07) is 21.1. The van der Waals surface area contributed by atoms with Crippen molar-refractivity contribution < 1.29 is 13.6 Å². The number of hydrogen-bond acceptors (Lipinski definition) is 5. The van der Waals surface area contributed by atoms with Gasteiger partial charge in [0.2, 0.25) is 0 Å². The highest BCUT2D eigenvalue weighted by Crippen LogP contribution is 2.42. The van der Waals surface area contributed by atoms with Gasteiger partial charge in [0.05, 0.1) is 12.7 Å². The van der Waals surface area contributed by atoms with E-state index in [0.29, 0.717) is 18.6 Å². The Balaban J connectivity index is 1.81. The first-order valence-corrected chi connectivity index (χ1v) is 19.3. The Morgan fingerprint density at radius 3 is 1.93 bits per heavy atom. The molecular formula is C32H46N2O5Si2. The smallest absolute Gasteiger partial charge is 0.330 e. The summed E-state index contributed by atoms with van der Waals surface area (Å²) in [4.78, 5) is 27.4. The van der Waals surface area contributed by atoms with E-state index in [1.165, 1.54) is 14.9 Å². The second-order valence-electron chi connectivity index (χ2n) is 13.7. The molecule has 0 amide bonds. The Kier molecular flexibility index (Phi) is 8.88. The number of nitrogens with zero attached hydrogens (tertiary/aromatic N) is 1. The highest BCUT2D eigenvalue weighted by molar-refractivity contribution is 6.99. The molecule has 7 nitrogen and oxygen atoms in total. The molecule has 3 aromatic rings. The molecule has 1 N–H and O–H groups in total. The molecule has 222 valence electrons. The second-order valence-corrected chi connectivity index (χ2v) is 22.8. The average Bonchev–Trinajstić information content (AvgIpc) is 3.30. The summed E-state index contributed by atoms with van der Waals surface area (Å²) in [5, 5.41) is 2.18. The van der Waals surface area contributed by atoms with Crippen LogP contribution in [0, 0.1) is 6.92 Å². The first-order chi connectivity index (χ1) is 19.1. The summed E-state index contributed by atoms with van der Waals surface area (Å²) in [6.07, 6.45) is 0.726. The number of aromatic nitrogens is 2. The van der Waals surface area contributed by atoms with E-state index < -0.39 is 34.7 Å². The van der Waals surface area contributed by atoms with Gasteiger partial charge in [-0.05, 0) is 40.5 Å². The second kappa shape index (κ2) is 11.6. The minimum atomic E-state index is -2.90. The zero-order chi connectivity index (χ0) is 30.2. The van der Waals surface area contributed by atoms with Crippen molar-refractivity contribution in [1.29, 1.82) is 0 Å². The zero-order valence-electron chi connectivity index (χ0n) is 26.0. The van der Waals surface area contributed by atoms with E-state index in [0.717, 1.165) is 0 Å². The maximum Gasteiger partial charge on any atom is 0.330 e. The van der Waals surface area contributed by atoms with Crippen LogP contribution in [0.4, 0.5) is 0 Å². The van der Waals surface area contributed by atoms with E-state index in [-0.39, 0.29) is 21.7 Å². The van der Waals surface area contributed by atoms with Crippen molar-refractivity contribution in [2.75, 3.05) is 6.61 Å². The minimum absolute atomic E-state index is 0.0340. The molecule has 1 saturated heterocycles. The summed E-state index contributed by atoms with van der Waals surface area (Å²) in [5.41, 5.74) is -0.415. The molecule has 0 saturated carbocycles. The molecule has 1 aromatic heterocycles. The van der Waals surface area contributed by atoms with Gasteiger partial charge in [-0.3, -0.25) is 14.3 Å². The van der Waals surface area contributed by atoms with Gasteiger partial charge in [0.15, 0.2) is 8.32 Å². The monoisotopic (exact) mass is 594 g/mol. The summed E-state index contributed by atoms with van der Waals surface area (Å²) >= 11 is 0. The third-order valence-electron chi connectivity index (χ3n) is 8.80. The lowest BCUT2D eigenvalue weighted by molar-refractivity contribution is -0.0408. The van der Waals surface area contributed by atoms with Gasteiger partial charge < -0.3 is 13.6 Å². The van der Waals surface area contributed by atoms with Gasteiger partial charge in [0.25, 0.3) is 13.9 Å². The number of hydrogen-bond donors (Lipinski definition) is 1. The van der Waals surface area contributed by atoms with Crippen LogP contribution in [-0.2, 0) is 13.6 Å². The van der Waals surface area contributed by atoms with Crippen LogP contribution < -0.4 is 21.6 Å². The summed E-state index contributed by atoms with van der Waals surface area (Å²) < 4.78 is 22.3. The summed E-state index contributed by atoms with van der Waals surface area (Å²) in [7, 11) is -5.00. The number of ether oxygens (including phenoxy) is 1. The molecule has 3 atom stereocenters. The van der Waals surface area contributed by atoms with Gasteiger partial charge in [-0.1, -0.05) is 102 Å². The van der Waals surface area contributed by atoms with E-state index in [9.17, 15) is 9.59 Å². The van der Waals surface area contributed by atoms with Gasteiger partial charge in [-0.15, -0.1) is 0 Å². The standard InChI is InChI=1S/C32H46N2O5Si2/c1-23-21-34(30(36)33-29(23)35)28-20-26(27(38-28)22-37-40(8,9)31(2,3)4)39-41(32(5,6)7,24-16-12-10-13-17-24)25-18-14-11-15-19-25/h10-19,21,26-28H,20,22H2,1-9H3,(H,33,35,36)/t26-,27+,28+/m0/s1. The van der Waals surface area contributed by atoms with Crippen LogP contribution in [0.25, 0.3) is 0 Å². The average molecular weight is 595 g/mol. The molecule has 9 heteroatoms. The molecule has 0 bridgehead atoms. The predicted molar refractivity (Wildman–Crippen MR) is 170 cm³/mol. The van der Waals surface area contributed by atoms with E-state index in [4.69, 9.17) is 13.6 Å². The van der Waals surface area contributed by atoms with Crippen LogP contribution in [0.5, 0.6) is 0 Å². The fourth-order valence-corrected chi connectivity index (χ4v) is 11.1. The molecule has 0 unspecified atom stereocenters. The summed E-state index contributed by atoms with van der Waals surface area (Å²) in [5.74, 6) is 0. The zero-order valence-corrected chi connectivity index (χ0v) is 28.0. The summed E-state index contributed by atoms with van der Waals surface area (Å²) in [6.45, 7) is 19.9. The van der Waals surface area contributed by atoms with Crippen LogP contribution in [0.3, 0.4) is 0 Å². The van der Waals surface area contributed by atoms with E-state index >= 15 is 0 Å². The van der Waals surface area contributed by atoms with Crippen molar-refractivity contribution in [3.8, 4) is 0 Å². The highest BCUT2D eigenvalue weighted by atomic mass is 28.4. The third kappa shape index (κ3) is 6.29. The highest BCUT2D eigenvalue weighted by Gasteiger charge is 2.54. The maximum atomic E-state index is 12.9. The fraction of sp³-hybridized carbons (Fsp3) is 0.500. The number of H-pyrrole nitrogens is 1. The van der Waals surface area contributed by atoms with Crippen molar-refractivity contribution in [1.82, 2.24) is 9.55 Å². The molecule has 4 rings (SSSR count). The van der Waals surface area contributed by atoms with Gasteiger partial charge >= 0.3 is 5.69 Å². The lowest BCUT2D eigenvalue weighted by Gasteiger charge is -2.45. The molecule has 1 aliphatic rings. The molecule has 1 aliphatic heterocycles. The number of nitrogens with one attached hydrogen (secondary N) is 1. The Bertz CT molecular complexity index is 1400. The molecule has 1 fully saturated rings. The van der Waals surface area contributed by atoms with Crippen molar-refractivity contribution in [2.45, 2.75) is 96.5 Å². The van der Waals surface area contributed by atoms with Crippen LogP contribution in [0.2, 0.25) is 23.2 Å². The number of benzene rings is 2. The lowest BCUT2D eigenvalue weighted by atomic mass is 10.2. The topological polar surface area (TPSA) is 82.6 Å².